The van der Waals surface area contributed by atoms with Crippen molar-refractivity contribution in [3.05, 3.63) is 59.7 Å². The Balaban J connectivity index is 1.18. The van der Waals surface area contributed by atoms with Gasteiger partial charge in [-0.15, -0.1) is 0 Å². The maximum atomic E-state index is 13.5. The number of carboxylic acid groups (broad SMARTS) is 2. The predicted octanol–water partition coefficient (Wildman–Crippen LogP) is 0.919. The van der Waals surface area contributed by atoms with E-state index < -0.39 is 54.0 Å². The number of ether oxygens (including phenoxy) is 2. The minimum absolute atomic E-state index is 0.00296. The van der Waals surface area contributed by atoms with E-state index >= 15 is 0 Å². The third-order valence-electron chi connectivity index (χ3n) is 10.5. The number of carbonyl (C=O) groups is 4. The molecule has 2 aromatic carbocycles. The number of rotatable bonds is 8. The number of nitrogens with one attached hydrogen (secondary N) is 6. The van der Waals surface area contributed by atoms with E-state index in [-0.39, 0.29) is 77.5 Å². The summed E-state index contributed by atoms with van der Waals surface area (Å²) in [5.41, 5.74) is 12.3. The summed E-state index contributed by atoms with van der Waals surface area (Å²) in [7, 11) is 0. The van der Waals surface area contributed by atoms with Gasteiger partial charge in [-0.05, 0) is 41.8 Å². The van der Waals surface area contributed by atoms with Crippen molar-refractivity contribution in [3.8, 4) is 0 Å². The van der Waals surface area contributed by atoms with Crippen molar-refractivity contribution in [2.45, 2.75) is 43.3 Å². The minimum Gasteiger partial charge on any atom is -0.465 e. The van der Waals surface area contributed by atoms with Crippen LogP contribution in [0.1, 0.15) is 17.5 Å². The first kappa shape index (κ1) is 37.7. The Bertz CT molecular complexity index is 1750. The van der Waals surface area contributed by atoms with Crippen molar-refractivity contribution < 1.29 is 38.9 Å². The summed E-state index contributed by atoms with van der Waals surface area (Å²) in [5.74, 6) is -1.07. The molecule has 4 fully saturated rings. The molecular formula is C34H46N12O8. The molecule has 4 saturated heterocycles. The van der Waals surface area contributed by atoms with E-state index in [1.807, 2.05) is 0 Å². The second kappa shape index (κ2) is 15.9. The van der Waals surface area contributed by atoms with Crippen molar-refractivity contribution in [3.63, 3.8) is 0 Å². The number of amides is 6. The third-order valence-corrected chi connectivity index (χ3v) is 10.5. The lowest BCUT2D eigenvalue weighted by molar-refractivity contribution is -0.127. The van der Waals surface area contributed by atoms with Crippen LogP contribution in [0.25, 0.3) is 0 Å². The molecule has 3 unspecified atom stereocenters. The normalized spacial score (nSPS) is 25.0. The third kappa shape index (κ3) is 7.98. The van der Waals surface area contributed by atoms with E-state index in [4.69, 9.17) is 31.8 Å². The largest absolute Gasteiger partial charge is 0.465 e. The van der Waals surface area contributed by atoms with E-state index in [0.29, 0.717) is 17.8 Å². The van der Waals surface area contributed by atoms with E-state index in [9.17, 15) is 29.4 Å². The molecule has 20 heteroatoms. The minimum atomic E-state index is -1.30. The molecule has 0 radical (unpaired) electrons. The fourth-order valence-corrected chi connectivity index (χ4v) is 8.00. The zero-order chi connectivity index (χ0) is 38.6. The molecule has 4 heterocycles. The summed E-state index contributed by atoms with van der Waals surface area (Å²) in [4.78, 5) is 58.1. The maximum Gasteiger partial charge on any atom is 0.407 e. The molecule has 0 aromatic heterocycles. The number of carbonyl (C=O) groups excluding carboxylic acids is 2. The first-order valence-corrected chi connectivity index (χ1v) is 17.6. The number of nitrogens with two attached hydrogens (primary N) is 2. The van der Waals surface area contributed by atoms with Gasteiger partial charge in [0.15, 0.2) is 11.9 Å². The molecule has 54 heavy (non-hydrogen) atoms. The summed E-state index contributed by atoms with van der Waals surface area (Å²) in [5, 5.41) is 46.7. The van der Waals surface area contributed by atoms with E-state index in [1.165, 1.54) is 14.7 Å². The highest BCUT2D eigenvalue weighted by atomic mass is 16.6. The molecule has 290 valence electrons. The SMILES string of the molecule is N=C(N)Nc1ccc(CNC(=O)N2CCN(C(=O)O)C(C3CO[C@H]4CCO[C@@]34C3CN(C(=O)NCc4ccc(NC(=N)N)cc4)CCN3C(=O)O)C2)cc1. The highest BCUT2D eigenvalue weighted by Gasteiger charge is 2.66. The van der Waals surface area contributed by atoms with Gasteiger partial charge in [-0.25, -0.2) is 19.2 Å². The molecule has 0 saturated carbocycles. The topological polar surface area (TPSA) is 288 Å². The van der Waals surface area contributed by atoms with Crippen LogP contribution in [0.4, 0.5) is 30.6 Å². The lowest BCUT2D eigenvalue weighted by atomic mass is 9.73. The van der Waals surface area contributed by atoms with Crippen molar-refractivity contribution in [2.75, 3.05) is 63.1 Å². The molecule has 20 nitrogen and oxygen atoms in total. The van der Waals surface area contributed by atoms with Gasteiger partial charge in [-0.3, -0.25) is 15.7 Å². The molecular weight excluding hydrogens is 704 g/mol. The Labute approximate surface area is 310 Å². The number of hydrogen-bond donors (Lipinski definition) is 10. The molecule has 4 aliphatic rings. The molecule has 6 rings (SSSR count). The second-order valence-corrected chi connectivity index (χ2v) is 13.6. The zero-order valence-electron chi connectivity index (χ0n) is 29.5. The average molecular weight is 751 g/mol. The number of benzene rings is 2. The van der Waals surface area contributed by atoms with Crippen LogP contribution in [0.3, 0.4) is 0 Å². The number of fused-ring (bicyclic) bond motifs is 1. The van der Waals surface area contributed by atoms with Gasteiger partial charge in [-0.2, -0.15) is 0 Å². The predicted molar refractivity (Wildman–Crippen MR) is 195 cm³/mol. The standard InChI is InChI=1S/C34H46N12O8/c35-28(36)41-22-5-1-20(2-6-22)15-39-30(47)43-10-12-45(32(49)50)25(17-43)24-19-53-27-9-14-54-34(24,27)26-18-44(11-13-46(26)33(51)52)31(48)40-16-21-3-7-23(8-4-21)42-29(37)38/h1-8,24-27H,9-19H2,(H,39,47)(H,40,48)(H,49,50)(H,51,52)(H4,35,36,41)(H4,37,38,42)/t24?,25?,26?,27-,34+/m0/s1. The molecule has 0 bridgehead atoms. The van der Waals surface area contributed by atoms with Crippen LogP contribution in [0.2, 0.25) is 0 Å². The van der Waals surface area contributed by atoms with Crippen LogP contribution in [-0.2, 0) is 22.6 Å². The van der Waals surface area contributed by atoms with Gasteiger partial charge in [0.25, 0.3) is 0 Å². The van der Waals surface area contributed by atoms with Crippen LogP contribution in [0.15, 0.2) is 48.5 Å². The van der Waals surface area contributed by atoms with Gasteiger partial charge in [0.1, 0.15) is 5.60 Å². The summed E-state index contributed by atoms with van der Waals surface area (Å²) in [6, 6.07) is 11.5. The molecule has 4 aliphatic heterocycles. The van der Waals surface area contributed by atoms with Crippen LogP contribution in [0, 0.1) is 16.7 Å². The van der Waals surface area contributed by atoms with Gasteiger partial charge in [0, 0.05) is 69.7 Å². The lowest BCUT2D eigenvalue weighted by Crippen LogP contribution is -2.72. The molecule has 6 amide bonds. The molecule has 0 spiro atoms. The molecule has 2 aromatic rings. The van der Waals surface area contributed by atoms with Gasteiger partial charge >= 0.3 is 24.2 Å². The lowest BCUT2D eigenvalue weighted by Gasteiger charge is -2.52. The van der Waals surface area contributed by atoms with Gasteiger partial charge in [-0.1, -0.05) is 24.3 Å². The summed E-state index contributed by atoms with van der Waals surface area (Å²) < 4.78 is 12.8. The fraction of sp³-hybridized carbons (Fsp3) is 0.471. The highest BCUT2D eigenvalue weighted by molar-refractivity contribution is 5.90. The number of nitrogens with zero attached hydrogens (tertiary/aromatic N) is 4. The maximum absolute atomic E-state index is 13.5. The number of anilines is 2. The Kier molecular flexibility index (Phi) is 11.1. The van der Waals surface area contributed by atoms with E-state index in [1.54, 1.807) is 53.4 Å². The summed E-state index contributed by atoms with van der Waals surface area (Å²) in [6.07, 6.45) is -2.50. The zero-order valence-corrected chi connectivity index (χ0v) is 29.5. The second-order valence-electron chi connectivity index (χ2n) is 13.6. The average Bonchev–Trinajstić information content (AvgIpc) is 3.73. The summed E-state index contributed by atoms with van der Waals surface area (Å²) in [6.45, 7) is 0.954. The number of guanidine groups is 2. The van der Waals surface area contributed by atoms with E-state index in [0.717, 1.165) is 11.1 Å². The van der Waals surface area contributed by atoms with Gasteiger partial charge in [0.05, 0.1) is 31.4 Å². The van der Waals surface area contributed by atoms with Crippen LogP contribution >= 0.6 is 0 Å². The Hall–Kier alpha value is -6.02. The van der Waals surface area contributed by atoms with Crippen molar-refractivity contribution >= 4 is 47.5 Å². The number of hydrogen-bond acceptors (Lipinski definition) is 8. The van der Waals surface area contributed by atoms with Crippen molar-refractivity contribution in [2.24, 2.45) is 17.4 Å². The van der Waals surface area contributed by atoms with Crippen LogP contribution < -0.4 is 32.7 Å². The van der Waals surface area contributed by atoms with Crippen LogP contribution in [0.5, 0.6) is 0 Å². The number of piperazine rings is 2. The van der Waals surface area contributed by atoms with E-state index in [2.05, 4.69) is 21.3 Å². The van der Waals surface area contributed by atoms with Crippen molar-refractivity contribution in [1.29, 1.82) is 10.8 Å². The molecule has 12 N–H and O–H groups in total. The van der Waals surface area contributed by atoms with Crippen molar-refractivity contribution in [1.82, 2.24) is 30.2 Å². The molecule has 5 atom stereocenters. The van der Waals surface area contributed by atoms with Gasteiger partial charge < -0.3 is 67.1 Å². The molecule has 0 aliphatic carbocycles. The van der Waals surface area contributed by atoms with Gasteiger partial charge in [0.2, 0.25) is 0 Å². The smallest absolute Gasteiger partial charge is 0.407 e. The Morgan fingerprint density at radius 3 is 1.76 bits per heavy atom. The first-order valence-electron chi connectivity index (χ1n) is 17.6. The fourth-order valence-electron chi connectivity index (χ4n) is 8.00. The quantitative estimate of drug-likeness (QED) is 0.133. The Morgan fingerprint density at radius 1 is 0.759 bits per heavy atom. The monoisotopic (exact) mass is 750 g/mol. The highest BCUT2D eigenvalue weighted by Crippen LogP contribution is 2.49. The number of urea groups is 2. The summed E-state index contributed by atoms with van der Waals surface area (Å²) >= 11 is 0. The Morgan fingerprint density at radius 2 is 1.26 bits per heavy atom. The first-order chi connectivity index (χ1) is 25.8. The van der Waals surface area contributed by atoms with Crippen LogP contribution in [-0.4, -0.2) is 142 Å².